The molecule has 0 aliphatic carbocycles. The second-order valence-corrected chi connectivity index (χ2v) is 6.93. The third kappa shape index (κ3) is 5.18. The lowest BCUT2D eigenvalue weighted by Gasteiger charge is -2.27. The summed E-state index contributed by atoms with van der Waals surface area (Å²) in [5, 5.41) is 2.89. The normalized spacial score (nSPS) is 20.3. The van der Waals surface area contributed by atoms with Crippen molar-refractivity contribution in [2.24, 2.45) is 5.73 Å². The average molecular weight is 323 g/mol. The zero-order valence-corrected chi connectivity index (χ0v) is 14.0. The molecule has 3 N–H and O–H groups in total. The molecular weight excluding hydrogens is 297 g/mol. The first-order chi connectivity index (χ1) is 10.8. The van der Waals surface area contributed by atoms with Gasteiger partial charge in [0.25, 0.3) is 0 Å². The Labute approximate surface area is 137 Å². The molecule has 2 atom stereocenters. The van der Waals surface area contributed by atoms with Crippen molar-refractivity contribution >= 4 is 6.09 Å². The van der Waals surface area contributed by atoms with E-state index >= 15 is 0 Å². The van der Waals surface area contributed by atoms with Crippen LogP contribution in [0.1, 0.15) is 38.8 Å². The van der Waals surface area contributed by atoms with Crippen LogP contribution in [0, 0.1) is 5.82 Å². The van der Waals surface area contributed by atoms with Crippen LogP contribution in [0.5, 0.6) is 0 Å². The van der Waals surface area contributed by atoms with Crippen molar-refractivity contribution in [3.05, 3.63) is 35.6 Å². The number of carbonyl (C=O) groups is 1. The second-order valence-electron chi connectivity index (χ2n) is 6.93. The van der Waals surface area contributed by atoms with E-state index in [1.807, 2.05) is 26.8 Å². The van der Waals surface area contributed by atoms with Crippen LogP contribution in [-0.4, -0.2) is 42.3 Å². The minimum Gasteiger partial charge on any atom is -0.444 e. The van der Waals surface area contributed by atoms with Crippen molar-refractivity contribution in [1.29, 1.82) is 0 Å². The number of alkyl carbamates (subject to hydrolysis) is 1. The summed E-state index contributed by atoms with van der Waals surface area (Å²) in [6, 6.07) is 6.50. The van der Waals surface area contributed by atoms with Crippen molar-refractivity contribution < 1.29 is 13.9 Å². The fraction of sp³-hybridized carbons (Fsp3) is 0.588. The lowest BCUT2D eigenvalue weighted by atomic mass is 10.1. The molecule has 128 valence electrons. The van der Waals surface area contributed by atoms with E-state index in [9.17, 15) is 9.18 Å². The molecule has 1 heterocycles. The van der Waals surface area contributed by atoms with Gasteiger partial charge in [0.05, 0.1) is 0 Å². The molecule has 0 unspecified atom stereocenters. The topological polar surface area (TPSA) is 67.6 Å². The van der Waals surface area contributed by atoms with Gasteiger partial charge in [0.1, 0.15) is 11.4 Å². The van der Waals surface area contributed by atoms with E-state index in [1.54, 1.807) is 6.07 Å². The summed E-state index contributed by atoms with van der Waals surface area (Å²) in [7, 11) is 0. The molecule has 23 heavy (non-hydrogen) atoms. The zero-order chi connectivity index (χ0) is 17.0. The highest BCUT2D eigenvalue weighted by Gasteiger charge is 2.30. The smallest absolute Gasteiger partial charge is 0.407 e. The molecule has 0 spiro atoms. The largest absolute Gasteiger partial charge is 0.444 e. The molecule has 0 bridgehead atoms. The highest BCUT2D eigenvalue weighted by molar-refractivity contribution is 5.68. The second kappa shape index (κ2) is 7.27. The van der Waals surface area contributed by atoms with Gasteiger partial charge in [0, 0.05) is 31.7 Å². The lowest BCUT2D eigenvalue weighted by Crippen LogP contribution is -2.41. The van der Waals surface area contributed by atoms with E-state index < -0.39 is 11.7 Å². The third-order valence-corrected chi connectivity index (χ3v) is 3.84. The molecule has 1 aliphatic rings. The number of nitrogens with two attached hydrogens (primary N) is 1. The molecule has 1 saturated heterocycles. The number of hydrogen-bond acceptors (Lipinski definition) is 4. The zero-order valence-electron chi connectivity index (χ0n) is 14.0. The first-order valence-corrected chi connectivity index (χ1v) is 7.97. The van der Waals surface area contributed by atoms with Gasteiger partial charge < -0.3 is 15.8 Å². The van der Waals surface area contributed by atoms with Gasteiger partial charge in [-0.1, -0.05) is 12.1 Å². The van der Waals surface area contributed by atoms with Crippen molar-refractivity contribution in [3.63, 3.8) is 0 Å². The Bertz CT molecular complexity index is 545. The van der Waals surface area contributed by atoms with Crippen LogP contribution in [0.15, 0.2) is 24.3 Å². The van der Waals surface area contributed by atoms with Crippen molar-refractivity contribution in [3.8, 4) is 0 Å². The summed E-state index contributed by atoms with van der Waals surface area (Å²) in [5.41, 5.74) is 6.24. The summed E-state index contributed by atoms with van der Waals surface area (Å²) in [5.74, 6) is -0.261. The van der Waals surface area contributed by atoms with Crippen molar-refractivity contribution in [2.45, 2.75) is 44.9 Å². The fourth-order valence-electron chi connectivity index (χ4n) is 2.87. The van der Waals surface area contributed by atoms with Gasteiger partial charge >= 0.3 is 6.09 Å². The van der Waals surface area contributed by atoms with Crippen LogP contribution in [0.25, 0.3) is 0 Å². The number of carbonyl (C=O) groups excluding carboxylic acids is 1. The van der Waals surface area contributed by atoms with Crippen LogP contribution in [0.4, 0.5) is 9.18 Å². The number of nitrogens with one attached hydrogen (secondary N) is 1. The highest BCUT2D eigenvalue weighted by atomic mass is 19.1. The number of ether oxygens (including phenoxy) is 1. The maximum absolute atomic E-state index is 13.4. The first-order valence-electron chi connectivity index (χ1n) is 7.97. The highest BCUT2D eigenvalue weighted by Crippen LogP contribution is 2.25. The van der Waals surface area contributed by atoms with Crippen molar-refractivity contribution in [2.75, 3.05) is 19.6 Å². The maximum Gasteiger partial charge on any atom is 0.407 e. The molecule has 1 amide bonds. The van der Waals surface area contributed by atoms with Gasteiger partial charge in [-0.15, -0.1) is 0 Å². The van der Waals surface area contributed by atoms with E-state index in [-0.39, 0.29) is 17.9 Å². The average Bonchev–Trinajstić information content (AvgIpc) is 2.85. The quantitative estimate of drug-likeness (QED) is 0.893. The molecule has 2 rings (SSSR count). The van der Waals surface area contributed by atoms with Gasteiger partial charge in [0.2, 0.25) is 0 Å². The van der Waals surface area contributed by atoms with Gasteiger partial charge in [-0.2, -0.15) is 0 Å². The Kier molecular flexibility index (Phi) is 5.59. The van der Waals surface area contributed by atoms with Gasteiger partial charge in [-0.25, -0.2) is 9.18 Å². The molecule has 1 aromatic rings. The summed E-state index contributed by atoms with van der Waals surface area (Å²) < 4.78 is 18.7. The minimum absolute atomic E-state index is 0.0208. The number of halogens is 1. The monoisotopic (exact) mass is 323 g/mol. The Hall–Kier alpha value is -1.66. The van der Waals surface area contributed by atoms with Gasteiger partial charge in [-0.05, 0) is 44.9 Å². The van der Waals surface area contributed by atoms with Crippen LogP contribution in [0.2, 0.25) is 0 Å². The Morgan fingerprint density at radius 2 is 2.26 bits per heavy atom. The molecule has 1 aliphatic heterocycles. The molecule has 6 heteroatoms. The summed E-state index contributed by atoms with van der Waals surface area (Å²) in [6.07, 6.45) is 0.421. The summed E-state index contributed by atoms with van der Waals surface area (Å²) >= 11 is 0. The van der Waals surface area contributed by atoms with Crippen molar-refractivity contribution in [1.82, 2.24) is 10.2 Å². The van der Waals surface area contributed by atoms with E-state index in [0.29, 0.717) is 13.1 Å². The van der Waals surface area contributed by atoms with E-state index in [4.69, 9.17) is 10.5 Å². The maximum atomic E-state index is 13.4. The van der Waals surface area contributed by atoms with Crippen LogP contribution in [0.3, 0.4) is 0 Å². The number of likely N-dealkylation sites (tertiary alicyclic amines) is 1. The standard InChI is InChI=1S/C17H26FN3O2/c1-17(2,3)23-16(22)20-14-7-8-21(11-14)15(10-19)12-5-4-6-13(18)9-12/h4-6,9,14-15H,7-8,10-11,19H2,1-3H3,(H,20,22)/t14-,15-/m1/s1. The number of amides is 1. The van der Waals surface area contributed by atoms with Gasteiger partial charge in [0.15, 0.2) is 0 Å². The first kappa shape index (κ1) is 17.7. The molecule has 0 aromatic heterocycles. The summed E-state index contributed by atoms with van der Waals surface area (Å²) in [6.45, 7) is 7.39. The Balaban J connectivity index is 1.94. The van der Waals surface area contributed by atoms with Gasteiger partial charge in [-0.3, -0.25) is 4.90 Å². The van der Waals surface area contributed by atoms with E-state index in [0.717, 1.165) is 18.5 Å². The molecule has 1 aromatic carbocycles. The Morgan fingerprint density at radius 1 is 1.52 bits per heavy atom. The predicted octanol–water partition coefficient (Wildman–Crippen LogP) is 2.42. The van der Waals surface area contributed by atoms with Crippen LogP contribution in [-0.2, 0) is 4.74 Å². The minimum atomic E-state index is -0.510. The van der Waals surface area contributed by atoms with E-state index in [1.165, 1.54) is 12.1 Å². The number of benzene rings is 1. The summed E-state index contributed by atoms with van der Waals surface area (Å²) in [4.78, 5) is 14.0. The number of rotatable bonds is 4. The Morgan fingerprint density at radius 3 is 2.87 bits per heavy atom. The van der Waals surface area contributed by atoms with Crippen LogP contribution < -0.4 is 11.1 Å². The molecule has 1 fully saturated rings. The molecule has 0 radical (unpaired) electrons. The SMILES string of the molecule is CC(C)(C)OC(=O)N[C@@H]1CCN([C@H](CN)c2cccc(F)c2)C1. The molecule has 0 saturated carbocycles. The fourth-order valence-corrected chi connectivity index (χ4v) is 2.87. The predicted molar refractivity (Wildman–Crippen MR) is 87.5 cm³/mol. The lowest BCUT2D eigenvalue weighted by molar-refractivity contribution is 0.0504. The molecular formula is C17H26FN3O2. The van der Waals surface area contributed by atoms with E-state index in [2.05, 4.69) is 10.2 Å². The van der Waals surface area contributed by atoms with Crippen LogP contribution >= 0.6 is 0 Å². The molecule has 5 nitrogen and oxygen atoms in total. The third-order valence-electron chi connectivity index (χ3n) is 3.84. The number of hydrogen-bond donors (Lipinski definition) is 2. The number of nitrogens with zero attached hydrogens (tertiary/aromatic N) is 1.